The monoisotopic (exact) mass is 270 g/mol. The number of aliphatic imine (C=N–C) groups is 1. The lowest BCUT2D eigenvalue weighted by atomic mass is 10.2. The van der Waals surface area contributed by atoms with Crippen molar-refractivity contribution in [3.63, 3.8) is 0 Å². The highest BCUT2D eigenvalue weighted by Crippen LogP contribution is 2.16. The maximum absolute atomic E-state index is 5.85. The molecule has 0 amide bonds. The van der Waals surface area contributed by atoms with Crippen molar-refractivity contribution in [2.45, 2.75) is 12.7 Å². The van der Waals surface area contributed by atoms with Crippen LogP contribution in [0.15, 0.2) is 29.3 Å². The van der Waals surface area contributed by atoms with Gasteiger partial charge in [0.25, 0.3) is 0 Å². The Labute approximate surface area is 111 Å². The minimum atomic E-state index is 0.786. The molecule has 0 fully saturated rings. The van der Waals surface area contributed by atoms with Gasteiger partial charge in [0, 0.05) is 10.8 Å². The molecule has 2 N–H and O–H groups in total. The van der Waals surface area contributed by atoms with Crippen LogP contribution in [0.5, 0.6) is 0 Å². The molecule has 0 saturated carbocycles. The molecule has 1 aliphatic rings. The molecule has 0 bridgehead atoms. The van der Waals surface area contributed by atoms with Gasteiger partial charge in [-0.1, -0.05) is 35.5 Å². The van der Waals surface area contributed by atoms with Crippen LogP contribution in [0.2, 0.25) is 5.02 Å². The SMILES string of the molecule is CC[NH+]1CN=C(SCc2ccc(Cl)cc2)NC1. The van der Waals surface area contributed by atoms with Gasteiger partial charge in [-0.05, 0) is 24.6 Å². The highest BCUT2D eigenvalue weighted by Gasteiger charge is 2.12. The third kappa shape index (κ3) is 3.91. The average molecular weight is 271 g/mol. The zero-order valence-electron chi connectivity index (χ0n) is 9.87. The van der Waals surface area contributed by atoms with Crippen molar-refractivity contribution < 1.29 is 4.90 Å². The molecule has 0 aliphatic carbocycles. The number of amidine groups is 1. The van der Waals surface area contributed by atoms with Crippen LogP contribution in [-0.4, -0.2) is 25.0 Å². The Kier molecular flexibility index (Phi) is 4.71. The number of benzene rings is 1. The van der Waals surface area contributed by atoms with Crippen LogP contribution in [-0.2, 0) is 5.75 Å². The second kappa shape index (κ2) is 6.28. The maximum atomic E-state index is 5.85. The summed E-state index contributed by atoms with van der Waals surface area (Å²) in [7, 11) is 0. The number of halogens is 1. The van der Waals surface area contributed by atoms with Gasteiger partial charge in [-0.15, -0.1) is 0 Å². The molecule has 17 heavy (non-hydrogen) atoms. The van der Waals surface area contributed by atoms with Crippen molar-refractivity contribution in [2.75, 3.05) is 19.9 Å². The molecule has 0 spiro atoms. The summed E-state index contributed by atoms with van der Waals surface area (Å²) in [5, 5.41) is 5.19. The highest BCUT2D eigenvalue weighted by atomic mass is 35.5. The smallest absolute Gasteiger partial charge is 0.175 e. The molecule has 1 aliphatic heterocycles. The van der Waals surface area contributed by atoms with E-state index >= 15 is 0 Å². The normalized spacial score (nSPS) is 19.6. The number of quaternary nitrogens is 1. The zero-order chi connectivity index (χ0) is 12.1. The summed E-state index contributed by atoms with van der Waals surface area (Å²) in [6.07, 6.45) is 0. The van der Waals surface area contributed by atoms with Crippen molar-refractivity contribution >= 4 is 28.5 Å². The summed E-state index contributed by atoms with van der Waals surface area (Å²) in [5.41, 5.74) is 1.27. The van der Waals surface area contributed by atoms with E-state index in [9.17, 15) is 0 Å². The van der Waals surface area contributed by atoms with Gasteiger partial charge in [0.05, 0.1) is 6.54 Å². The van der Waals surface area contributed by atoms with Crippen LogP contribution in [0.25, 0.3) is 0 Å². The molecule has 2 rings (SSSR count). The Hall–Kier alpha value is -0.710. The Morgan fingerprint density at radius 3 is 2.76 bits per heavy atom. The molecule has 1 unspecified atom stereocenters. The third-order valence-electron chi connectivity index (χ3n) is 2.72. The fourth-order valence-corrected chi connectivity index (χ4v) is 2.51. The first-order valence-electron chi connectivity index (χ1n) is 5.77. The lowest BCUT2D eigenvalue weighted by Gasteiger charge is -2.22. The summed E-state index contributed by atoms with van der Waals surface area (Å²) in [6.45, 7) is 5.15. The molecule has 1 atom stereocenters. The van der Waals surface area contributed by atoms with Crippen molar-refractivity contribution in [1.82, 2.24) is 5.32 Å². The molecular weight excluding hydrogens is 254 g/mol. The first kappa shape index (κ1) is 12.7. The minimum Gasteiger partial charge on any atom is -0.318 e. The van der Waals surface area contributed by atoms with E-state index in [1.165, 1.54) is 10.5 Å². The van der Waals surface area contributed by atoms with Crippen molar-refractivity contribution in [2.24, 2.45) is 4.99 Å². The number of rotatable bonds is 3. The molecular formula is C12H17ClN3S+. The lowest BCUT2D eigenvalue weighted by molar-refractivity contribution is -0.900. The van der Waals surface area contributed by atoms with E-state index in [2.05, 4.69) is 29.4 Å². The summed E-state index contributed by atoms with van der Waals surface area (Å²) in [5.74, 6) is 0.935. The highest BCUT2D eigenvalue weighted by molar-refractivity contribution is 8.13. The van der Waals surface area contributed by atoms with Gasteiger partial charge in [-0.2, -0.15) is 0 Å². The van der Waals surface area contributed by atoms with E-state index in [1.807, 2.05) is 12.1 Å². The van der Waals surface area contributed by atoms with Crippen LogP contribution < -0.4 is 10.2 Å². The molecule has 5 heteroatoms. The molecule has 0 aromatic heterocycles. The minimum absolute atomic E-state index is 0.786. The summed E-state index contributed by atoms with van der Waals surface area (Å²) < 4.78 is 0. The number of nitrogens with one attached hydrogen (secondary N) is 2. The van der Waals surface area contributed by atoms with Gasteiger partial charge >= 0.3 is 0 Å². The van der Waals surface area contributed by atoms with Gasteiger partial charge in [0.1, 0.15) is 0 Å². The van der Waals surface area contributed by atoms with Crippen LogP contribution in [0, 0.1) is 0 Å². The number of thioether (sulfide) groups is 1. The molecule has 1 heterocycles. The second-order valence-electron chi connectivity index (χ2n) is 3.99. The van der Waals surface area contributed by atoms with Gasteiger partial charge in [0.15, 0.2) is 18.5 Å². The number of nitrogens with zero attached hydrogens (tertiary/aromatic N) is 1. The largest absolute Gasteiger partial charge is 0.318 e. The fraction of sp³-hybridized carbons (Fsp3) is 0.417. The van der Waals surface area contributed by atoms with Crippen LogP contribution in [0.4, 0.5) is 0 Å². The number of hydrogen-bond acceptors (Lipinski definition) is 3. The molecule has 3 nitrogen and oxygen atoms in total. The molecule has 1 aromatic rings. The molecule has 0 radical (unpaired) electrons. The first-order valence-corrected chi connectivity index (χ1v) is 7.13. The second-order valence-corrected chi connectivity index (χ2v) is 5.39. The van der Waals surface area contributed by atoms with E-state index in [-0.39, 0.29) is 0 Å². The molecule has 92 valence electrons. The van der Waals surface area contributed by atoms with Crippen molar-refractivity contribution in [3.8, 4) is 0 Å². The van der Waals surface area contributed by atoms with E-state index in [4.69, 9.17) is 11.6 Å². The quantitative estimate of drug-likeness (QED) is 0.868. The standard InChI is InChI=1S/C12H16ClN3S/c1-2-16-8-14-12(15-9-16)17-7-10-3-5-11(13)6-4-10/h3-6H,2,7-9H2,1H3,(H,14,15)/p+1. The number of hydrogen-bond donors (Lipinski definition) is 2. The summed E-state index contributed by atoms with van der Waals surface area (Å²) >= 11 is 7.60. The van der Waals surface area contributed by atoms with Gasteiger partial charge in [-0.25, -0.2) is 4.99 Å². The van der Waals surface area contributed by atoms with Crippen molar-refractivity contribution in [3.05, 3.63) is 34.9 Å². The van der Waals surface area contributed by atoms with Crippen LogP contribution in [0.1, 0.15) is 12.5 Å². The first-order chi connectivity index (χ1) is 8.28. The zero-order valence-corrected chi connectivity index (χ0v) is 11.4. The molecule has 1 aromatic carbocycles. The van der Waals surface area contributed by atoms with Crippen molar-refractivity contribution in [1.29, 1.82) is 0 Å². The molecule has 0 saturated heterocycles. The van der Waals surface area contributed by atoms with E-state index in [0.717, 1.165) is 35.8 Å². The average Bonchev–Trinajstić information content (AvgIpc) is 2.39. The van der Waals surface area contributed by atoms with E-state index in [1.54, 1.807) is 11.8 Å². The third-order valence-corrected chi connectivity index (χ3v) is 4.00. The van der Waals surface area contributed by atoms with Gasteiger partial charge < -0.3 is 5.32 Å². The topological polar surface area (TPSA) is 28.8 Å². The Morgan fingerprint density at radius 1 is 1.41 bits per heavy atom. The maximum Gasteiger partial charge on any atom is 0.175 e. The Morgan fingerprint density at radius 2 is 2.18 bits per heavy atom. The van der Waals surface area contributed by atoms with E-state index in [0.29, 0.717) is 0 Å². The van der Waals surface area contributed by atoms with Gasteiger partial charge in [0.2, 0.25) is 0 Å². The lowest BCUT2D eigenvalue weighted by Crippen LogP contribution is -3.14. The fourth-order valence-electron chi connectivity index (χ4n) is 1.56. The summed E-state index contributed by atoms with van der Waals surface area (Å²) in [4.78, 5) is 5.99. The van der Waals surface area contributed by atoms with Crippen LogP contribution >= 0.6 is 23.4 Å². The van der Waals surface area contributed by atoms with Crippen LogP contribution in [0.3, 0.4) is 0 Å². The van der Waals surface area contributed by atoms with E-state index < -0.39 is 0 Å². The Bertz CT molecular complexity index is 391. The predicted molar refractivity (Wildman–Crippen MR) is 74.6 cm³/mol. The van der Waals surface area contributed by atoms with Gasteiger partial charge in [-0.3, -0.25) is 4.90 Å². The Balaban J connectivity index is 1.83. The predicted octanol–water partition coefficient (Wildman–Crippen LogP) is 1.35. The summed E-state index contributed by atoms with van der Waals surface area (Å²) in [6, 6.07) is 7.97.